The van der Waals surface area contributed by atoms with Crippen LogP contribution in [0.4, 0.5) is 0 Å². The summed E-state index contributed by atoms with van der Waals surface area (Å²) in [6.45, 7) is 0.850. The van der Waals surface area contributed by atoms with Crippen LogP contribution in [0.3, 0.4) is 0 Å². The molecule has 5 heteroatoms. The molecule has 1 fully saturated rings. The summed E-state index contributed by atoms with van der Waals surface area (Å²) >= 11 is 11.5. The van der Waals surface area contributed by atoms with E-state index in [1.807, 2.05) is 23.1 Å². The molecule has 1 unspecified atom stereocenters. The molecule has 1 amide bonds. The van der Waals surface area contributed by atoms with Crippen molar-refractivity contribution in [3.8, 4) is 0 Å². The molecule has 1 aromatic rings. The summed E-state index contributed by atoms with van der Waals surface area (Å²) < 4.78 is 1.95. The Morgan fingerprint density at radius 3 is 3.00 bits per heavy atom. The van der Waals surface area contributed by atoms with Gasteiger partial charge in [-0.25, -0.2) is 0 Å². The fraction of sp³-hybridized carbons (Fsp3) is 0.500. The zero-order chi connectivity index (χ0) is 13.8. The topological polar surface area (TPSA) is 20.3 Å². The van der Waals surface area contributed by atoms with Gasteiger partial charge in [0.25, 0.3) is 5.91 Å². The Bertz CT molecular complexity index is 467. The Morgan fingerprint density at radius 2 is 2.26 bits per heavy atom. The van der Waals surface area contributed by atoms with Gasteiger partial charge in [-0.15, -0.1) is 11.6 Å². The Morgan fingerprint density at radius 1 is 1.47 bits per heavy atom. The summed E-state index contributed by atoms with van der Waals surface area (Å²) in [5, 5.41) is 0. The number of carbonyl (C=O) groups excluding carboxylic acids is 1. The molecule has 0 saturated carbocycles. The van der Waals surface area contributed by atoms with E-state index in [1.54, 1.807) is 0 Å². The van der Waals surface area contributed by atoms with E-state index in [-0.39, 0.29) is 5.91 Å². The molecule has 0 radical (unpaired) electrons. The van der Waals surface area contributed by atoms with Crippen molar-refractivity contribution < 1.29 is 4.79 Å². The van der Waals surface area contributed by atoms with Crippen LogP contribution in [0.5, 0.6) is 0 Å². The minimum absolute atomic E-state index is 0.139. The molecule has 104 valence electrons. The second-order valence-electron chi connectivity index (χ2n) is 4.75. The molecule has 0 aromatic heterocycles. The standard InChI is InChI=1S/C14H16BrClINO/c15-10-4-5-13(17)12(9-10)14(19)18-8-2-1-3-11(18)6-7-16/h4-5,9,11H,1-3,6-8H2. The quantitative estimate of drug-likeness (QED) is 0.478. The molecule has 1 saturated heterocycles. The summed E-state index contributed by atoms with van der Waals surface area (Å²) in [6.07, 6.45) is 4.25. The van der Waals surface area contributed by atoms with Gasteiger partial charge in [-0.2, -0.15) is 0 Å². The van der Waals surface area contributed by atoms with Crippen LogP contribution in [0.25, 0.3) is 0 Å². The van der Waals surface area contributed by atoms with Crippen LogP contribution >= 0.6 is 50.1 Å². The lowest BCUT2D eigenvalue weighted by atomic mass is 9.99. The van der Waals surface area contributed by atoms with Crippen LogP contribution in [-0.4, -0.2) is 29.3 Å². The van der Waals surface area contributed by atoms with Crippen molar-refractivity contribution in [1.82, 2.24) is 4.90 Å². The van der Waals surface area contributed by atoms with E-state index in [1.165, 1.54) is 6.42 Å². The first-order chi connectivity index (χ1) is 9.13. The molecule has 1 heterocycles. The van der Waals surface area contributed by atoms with Crippen molar-refractivity contribution in [2.75, 3.05) is 12.4 Å². The summed E-state index contributed by atoms with van der Waals surface area (Å²) in [6, 6.07) is 6.15. The van der Waals surface area contributed by atoms with E-state index in [4.69, 9.17) is 11.6 Å². The maximum Gasteiger partial charge on any atom is 0.255 e. The monoisotopic (exact) mass is 455 g/mol. The first kappa shape index (κ1) is 15.6. The minimum atomic E-state index is 0.139. The van der Waals surface area contributed by atoms with Crippen molar-refractivity contribution in [2.24, 2.45) is 0 Å². The lowest BCUT2D eigenvalue weighted by Gasteiger charge is -2.35. The van der Waals surface area contributed by atoms with E-state index < -0.39 is 0 Å². The number of halogens is 3. The van der Waals surface area contributed by atoms with Gasteiger partial charge in [-0.3, -0.25) is 4.79 Å². The molecule has 0 spiro atoms. The molecule has 1 aromatic carbocycles. The zero-order valence-electron chi connectivity index (χ0n) is 10.5. The number of alkyl halides is 1. The number of likely N-dealkylation sites (tertiary alicyclic amines) is 1. The largest absolute Gasteiger partial charge is 0.336 e. The highest BCUT2D eigenvalue weighted by molar-refractivity contribution is 14.1. The smallest absolute Gasteiger partial charge is 0.255 e. The number of piperidine rings is 1. The summed E-state index contributed by atoms with van der Waals surface area (Å²) in [5.41, 5.74) is 0.788. The molecular formula is C14H16BrClINO. The average molecular weight is 457 g/mol. The van der Waals surface area contributed by atoms with Gasteiger partial charge in [-0.1, -0.05) is 15.9 Å². The van der Waals surface area contributed by atoms with Crippen LogP contribution in [0.1, 0.15) is 36.0 Å². The third kappa shape index (κ3) is 3.85. The van der Waals surface area contributed by atoms with Gasteiger partial charge >= 0.3 is 0 Å². The molecule has 0 bridgehead atoms. The summed E-state index contributed by atoms with van der Waals surface area (Å²) in [7, 11) is 0. The maximum atomic E-state index is 12.7. The van der Waals surface area contributed by atoms with E-state index >= 15 is 0 Å². The van der Waals surface area contributed by atoms with E-state index in [0.717, 1.165) is 39.4 Å². The maximum absolute atomic E-state index is 12.7. The highest BCUT2D eigenvalue weighted by atomic mass is 127. The second-order valence-corrected chi connectivity index (χ2v) is 7.21. The van der Waals surface area contributed by atoms with Crippen LogP contribution in [0.2, 0.25) is 0 Å². The molecule has 2 rings (SSSR count). The summed E-state index contributed by atoms with van der Waals surface area (Å²) in [4.78, 5) is 14.7. The van der Waals surface area contributed by atoms with Gasteiger partial charge in [0.15, 0.2) is 0 Å². The first-order valence-electron chi connectivity index (χ1n) is 6.45. The second kappa shape index (κ2) is 7.27. The third-order valence-corrected chi connectivity index (χ3v) is 5.14. The lowest BCUT2D eigenvalue weighted by molar-refractivity contribution is 0.0608. The van der Waals surface area contributed by atoms with Crippen LogP contribution in [0, 0.1) is 3.57 Å². The SMILES string of the molecule is O=C(c1cc(Br)ccc1I)N1CCCCC1CCCl. The molecule has 1 aliphatic heterocycles. The molecule has 19 heavy (non-hydrogen) atoms. The van der Waals surface area contributed by atoms with E-state index in [2.05, 4.69) is 38.5 Å². The van der Waals surface area contributed by atoms with E-state index in [0.29, 0.717) is 11.9 Å². The molecule has 1 atom stereocenters. The molecule has 0 N–H and O–H groups in total. The predicted molar refractivity (Wildman–Crippen MR) is 90.9 cm³/mol. The van der Waals surface area contributed by atoms with Crippen LogP contribution in [0.15, 0.2) is 22.7 Å². The van der Waals surface area contributed by atoms with Crippen molar-refractivity contribution in [1.29, 1.82) is 0 Å². The van der Waals surface area contributed by atoms with Gasteiger partial charge in [0.05, 0.1) is 5.56 Å². The Kier molecular flexibility index (Phi) is 5.96. The highest BCUT2D eigenvalue weighted by Crippen LogP contribution is 2.25. The predicted octanol–water partition coefficient (Wildman–Crippen LogP) is 4.68. The van der Waals surface area contributed by atoms with Crippen molar-refractivity contribution in [2.45, 2.75) is 31.7 Å². The fourth-order valence-electron chi connectivity index (χ4n) is 2.51. The highest BCUT2D eigenvalue weighted by Gasteiger charge is 2.28. The van der Waals surface area contributed by atoms with Crippen LogP contribution in [-0.2, 0) is 0 Å². The van der Waals surface area contributed by atoms with Crippen molar-refractivity contribution >= 4 is 56.0 Å². The number of nitrogens with zero attached hydrogens (tertiary/aromatic N) is 1. The third-order valence-electron chi connectivity index (χ3n) is 3.49. The normalized spacial score (nSPS) is 19.5. The van der Waals surface area contributed by atoms with Gasteiger partial charge < -0.3 is 4.90 Å². The number of carbonyl (C=O) groups is 1. The first-order valence-corrected chi connectivity index (χ1v) is 8.86. The number of amides is 1. The van der Waals surface area contributed by atoms with Crippen molar-refractivity contribution in [3.63, 3.8) is 0 Å². The van der Waals surface area contributed by atoms with Gasteiger partial charge in [0.1, 0.15) is 0 Å². The Labute approximate surface area is 141 Å². The number of hydrogen-bond acceptors (Lipinski definition) is 1. The molecule has 0 aliphatic carbocycles. The Balaban J connectivity index is 2.23. The average Bonchev–Trinajstić information content (AvgIpc) is 2.42. The van der Waals surface area contributed by atoms with Gasteiger partial charge in [0.2, 0.25) is 0 Å². The van der Waals surface area contributed by atoms with Crippen molar-refractivity contribution in [3.05, 3.63) is 31.8 Å². The lowest BCUT2D eigenvalue weighted by Crippen LogP contribution is -2.44. The van der Waals surface area contributed by atoms with E-state index in [9.17, 15) is 4.79 Å². The zero-order valence-corrected chi connectivity index (χ0v) is 15.0. The molecule has 2 nitrogen and oxygen atoms in total. The summed E-state index contributed by atoms with van der Waals surface area (Å²) in [5.74, 6) is 0.754. The molecular weight excluding hydrogens is 440 g/mol. The van der Waals surface area contributed by atoms with Crippen LogP contribution < -0.4 is 0 Å². The number of hydrogen-bond donors (Lipinski definition) is 0. The minimum Gasteiger partial charge on any atom is -0.336 e. The number of rotatable bonds is 3. The molecule has 1 aliphatic rings. The Hall–Kier alpha value is 0.190. The van der Waals surface area contributed by atoms with Gasteiger partial charge in [-0.05, 0) is 66.5 Å². The number of benzene rings is 1. The fourth-order valence-corrected chi connectivity index (χ4v) is 3.69. The van der Waals surface area contributed by atoms with Gasteiger partial charge in [0, 0.05) is 26.5 Å².